The first-order chi connectivity index (χ1) is 10.7. The molecular formula is C17H14N2O3. The second kappa shape index (κ2) is 5.73. The molecule has 5 nitrogen and oxygen atoms in total. The van der Waals surface area contributed by atoms with Crippen LogP contribution in [0.5, 0.6) is 5.75 Å². The van der Waals surface area contributed by atoms with Crippen LogP contribution in [0.25, 0.3) is 6.08 Å². The van der Waals surface area contributed by atoms with Gasteiger partial charge in [0.05, 0.1) is 12.8 Å². The first kappa shape index (κ1) is 13.9. The highest BCUT2D eigenvalue weighted by molar-refractivity contribution is 6.28. The Labute approximate surface area is 127 Å². The predicted octanol–water partition coefficient (Wildman–Crippen LogP) is 2.79. The maximum absolute atomic E-state index is 12.4. The number of imide groups is 1. The van der Waals surface area contributed by atoms with Crippen molar-refractivity contribution in [3.63, 3.8) is 0 Å². The molecule has 2 aromatic rings. The van der Waals surface area contributed by atoms with E-state index in [2.05, 4.69) is 5.32 Å². The minimum Gasteiger partial charge on any atom is -0.497 e. The van der Waals surface area contributed by atoms with Crippen LogP contribution in [0.4, 0.5) is 10.5 Å². The van der Waals surface area contributed by atoms with Gasteiger partial charge in [-0.3, -0.25) is 4.79 Å². The third-order valence-corrected chi connectivity index (χ3v) is 3.32. The van der Waals surface area contributed by atoms with Crippen LogP contribution in [0.15, 0.2) is 60.3 Å². The smallest absolute Gasteiger partial charge is 0.333 e. The lowest BCUT2D eigenvalue weighted by atomic mass is 10.2. The van der Waals surface area contributed by atoms with E-state index in [1.165, 1.54) is 0 Å². The van der Waals surface area contributed by atoms with Gasteiger partial charge < -0.3 is 10.1 Å². The number of ether oxygens (including phenoxy) is 1. The lowest BCUT2D eigenvalue weighted by molar-refractivity contribution is -0.113. The molecule has 1 saturated heterocycles. The van der Waals surface area contributed by atoms with Crippen molar-refractivity contribution < 1.29 is 14.3 Å². The Morgan fingerprint density at radius 3 is 2.32 bits per heavy atom. The Balaban J connectivity index is 1.88. The topological polar surface area (TPSA) is 58.6 Å². The van der Waals surface area contributed by atoms with Crippen molar-refractivity contribution in [3.8, 4) is 5.75 Å². The summed E-state index contributed by atoms with van der Waals surface area (Å²) in [7, 11) is 1.59. The molecule has 2 aromatic carbocycles. The Kier molecular flexibility index (Phi) is 3.62. The summed E-state index contributed by atoms with van der Waals surface area (Å²) in [5.74, 6) is 0.363. The van der Waals surface area contributed by atoms with Crippen LogP contribution in [0.3, 0.4) is 0 Å². The molecule has 0 bridgehead atoms. The quantitative estimate of drug-likeness (QED) is 0.699. The molecular weight excluding hydrogens is 280 g/mol. The molecule has 1 aliphatic rings. The number of nitrogens with zero attached hydrogens (tertiary/aromatic N) is 1. The molecule has 1 N–H and O–H groups in total. The van der Waals surface area contributed by atoms with Crippen LogP contribution in [0.2, 0.25) is 0 Å². The number of carbonyl (C=O) groups is 2. The van der Waals surface area contributed by atoms with Crippen molar-refractivity contribution in [2.45, 2.75) is 0 Å². The second-order valence-electron chi connectivity index (χ2n) is 4.74. The molecule has 1 aliphatic heterocycles. The molecule has 1 heterocycles. The molecule has 0 atom stereocenters. The lowest BCUT2D eigenvalue weighted by Gasteiger charge is -2.10. The van der Waals surface area contributed by atoms with Crippen molar-refractivity contribution in [2.24, 2.45) is 0 Å². The Bertz CT molecular complexity index is 736. The van der Waals surface area contributed by atoms with Gasteiger partial charge in [0.15, 0.2) is 0 Å². The molecule has 3 rings (SSSR count). The number of urea groups is 1. The zero-order valence-electron chi connectivity index (χ0n) is 11.9. The van der Waals surface area contributed by atoms with Gasteiger partial charge in [0.2, 0.25) is 0 Å². The van der Waals surface area contributed by atoms with E-state index in [9.17, 15) is 9.59 Å². The largest absolute Gasteiger partial charge is 0.497 e. The zero-order valence-corrected chi connectivity index (χ0v) is 11.9. The van der Waals surface area contributed by atoms with Crippen molar-refractivity contribution in [1.29, 1.82) is 0 Å². The summed E-state index contributed by atoms with van der Waals surface area (Å²) in [6, 6.07) is 15.6. The van der Waals surface area contributed by atoms with Gasteiger partial charge in [0.25, 0.3) is 5.91 Å². The summed E-state index contributed by atoms with van der Waals surface area (Å²) >= 11 is 0. The van der Waals surface area contributed by atoms with Crippen LogP contribution >= 0.6 is 0 Å². The molecule has 0 radical (unpaired) electrons. The minimum absolute atomic E-state index is 0.249. The number of rotatable bonds is 3. The molecule has 0 saturated carbocycles. The fraction of sp³-hybridized carbons (Fsp3) is 0.0588. The number of hydrogen-bond acceptors (Lipinski definition) is 3. The number of para-hydroxylation sites is 1. The summed E-state index contributed by atoms with van der Waals surface area (Å²) < 4.78 is 5.09. The highest BCUT2D eigenvalue weighted by atomic mass is 16.5. The maximum Gasteiger partial charge on any atom is 0.333 e. The van der Waals surface area contributed by atoms with E-state index in [1.807, 2.05) is 18.2 Å². The fourth-order valence-corrected chi connectivity index (χ4v) is 2.21. The first-order valence-corrected chi connectivity index (χ1v) is 6.75. The van der Waals surface area contributed by atoms with Gasteiger partial charge in [0, 0.05) is 0 Å². The van der Waals surface area contributed by atoms with E-state index in [-0.39, 0.29) is 11.6 Å². The monoisotopic (exact) mass is 294 g/mol. The highest BCUT2D eigenvalue weighted by Crippen LogP contribution is 2.22. The summed E-state index contributed by atoms with van der Waals surface area (Å²) in [5, 5.41) is 2.60. The van der Waals surface area contributed by atoms with Gasteiger partial charge in [-0.25, -0.2) is 9.69 Å². The van der Waals surface area contributed by atoms with Crippen LogP contribution < -0.4 is 15.0 Å². The van der Waals surface area contributed by atoms with Crippen LogP contribution in [0.1, 0.15) is 5.56 Å². The summed E-state index contributed by atoms with van der Waals surface area (Å²) in [6.45, 7) is 0. The Morgan fingerprint density at radius 2 is 1.68 bits per heavy atom. The number of amides is 3. The second-order valence-corrected chi connectivity index (χ2v) is 4.74. The van der Waals surface area contributed by atoms with Gasteiger partial charge >= 0.3 is 6.03 Å². The van der Waals surface area contributed by atoms with Crippen molar-refractivity contribution >= 4 is 23.7 Å². The summed E-state index contributed by atoms with van der Waals surface area (Å²) in [5.41, 5.74) is 1.60. The van der Waals surface area contributed by atoms with Crippen LogP contribution in [-0.2, 0) is 4.79 Å². The molecule has 3 amide bonds. The number of methoxy groups -OCH3 is 1. The maximum atomic E-state index is 12.4. The van der Waals surface area contributed by atoms with E-state index in [4.69, 9.17) is 4.74 Å². The van der Waals surface area contributed by atoms with Crippen LogP contribution in [0, 0.1) is 0 Å². The molecule has 0 unspecified atom stereocenters. The van der Waals surface area contributed by atoms with E-state index in [0.717, 1.165) is 16.2 Å². The Hall–Kier alpha value is -3.08. The molecule has 0 spiro atoms. The number of hydrogen-bond donors (Lipinski definition) is 1. The summed E-state index contributed by atoms with van der Waals surface area (Å²) in [4.78, 5) is 25.5. The summed E-state index contributed by atoms with van der Waals surface area (Å²) in [6.07, 6.45) is 1.64. The highest BCUT2D eigenvalue weighted by Gasteiger charge is 2.34. The van der Waals surface area contributed by atoms with Gasteiger partial charge in [-0.05, 0) is 35.9 Å². The first-order valence-electron chi connectivity index (χ1n) is 6.75. The average molecular weight is 294 g/mol. The lowest BCUT2D eigenvalue weighted by Crippen LogP contribution is -2.30. The minimum atomic E-state index is -0.448. The number of anilines is 1. The molecule has 5 heteroatoms. The third-order valence-electron chi connectivity index (χ3n) is 3.32. The van der Waals surface area contributed by atoms with Crippen molar-refractivity contribution in [1.82, 2.24) is 5.32 Å². The fourth-order valence-electron chi connectivity index (χ4n) is 2.21. The van der Waals surface area contributed by atoms with E-state index in [0.29, 0.717) is 5.69 Å². The van der Waals surface area contributed by atoms with Gasteiger partial charge in [-0.15, -0.1) is 0 Å². The van der Waals surface area contributed by atoms with Gasteiger partial charge in [-0.1, -0.05) is 30.3 Å². The van der Waals surface area contributed by atoms with Crippen LogP contribution in [-0.4, -0.2) is 19.0 Å². The zero-order chi connectivity index (χ0) is 15.5. The number of carbonyl (C=O) groups excluding carboxylic acids is 2. The molecule has 22 heavy (non-hydrogen) atoms. The predicted molar refractivity (Wildman–Crippen MR) is 83.4 cm³/mol. The van der Waals surface area contributed by atoms with Gasteiger partial charge in [-0.2, -0.15) is 0 Å². The molecule has 110 valence electrons. The van der Waals surface area contributed by atoms with Crippen molar-refractivity contribution in [3.05, 3.63) is 65.9 Å². The van der Waals surface area contributed by atoms with Crippen molar-refractivity contribution in [2.75, 3.05) is 12.0 Å². The molecule has 1 fully saturated rings. The molecule has 0 aromatic heterocycles. The number of benzene rings is 2. The number of nitrogens with one attached hydrogen (secondary N) is 1. The molecule has 0 aliphatic carbocycles. The third kappa shape index (κ3) is 2.56. The normalized spacial score (nSPS) is 16.0. The SMILES string of the molecule is COc1ccc(/C=C2/NC(=O)N(c3ccccc3)C2=O)cc1. The van der Waals surface area contributed by atoms with Gasteiger partial charge in [0.1, 0.15) is 11.4 Å². The van der Waals surface area contributed by atoms with E-state index >= 15 is 0 Å². The van der Waals surface area contributed by atoms with E-state index < -0.39 is 6.03 Å². The standard InChI is InChI=1S/C17H14N2O3/c1-22-14-9-7-12(8-10-14)11-15-16(20)19(17(21)18-15)13-5-3-2-4-6-13/h2-11H,1H3,(H,18,21)/b15-11+. The average Bonchev–Trinajstić information content (AvgIpc) is 2.83. The Morgan fingerprint density at radius 1 is 1.00 bits per heavy atom. The van der Waals surface area contributed by atoms with E-state index in [1.54, 1.807) is 49.6 Å².